The van der Waals surface area contributed by atoms with Gasteiger partial charge in [0.1, 0.15) is 5.54 Å². The monoisotopic (exact) mass is 214 g/mol. The normalized spacial score (nSPS) is 22.1. The average molecular weight is 214 g/mol. The second-order valence-electron chi connectivity index (χ2n) is 4.28. The lowest BCUT2D eigenvalue weighted by atomic mass is 9.87. The van der Waals surface area contributed by atoms with Gasteiger partial charge in [0, 0.05) is 6.04 Å². The van der Waals surface area contributed by atoms with Crippen LogP contribution in [0, 0.1) is 0 Å². The SMILES string of the molecule is CCC(C)NC1(C(=O)OC)CCNCC1. The third-order valence-electron chi connectivity index (χ3n) is 3.17. The molecule has 4 heteroatoms. The van der Waals surface area contributed by atoms with Crippen molar-refractivity contribution in [3.8, 4) is 0 Å². The van der Waals surface area contributed by atoms with E-state index in [2.05, 4.69) is 24.5 Å². The molecule has 1 fully saturated rings. The molecule has 15 heavy (non-hydrogen) atoms. The van der Waals surface area contributed by atoms with Gasteiger partial charge in [-0.2, -0.15) is 0 Å². The van der Waals surface area contributed by atoms with Crippen molar-refractivity contribution in [2.75, 3.05) is 20.2 Å². The minimum absolute atomic E-state index is 0.121. The van der Waals surface area contributed by atoms with Crippen LogP contribution in [0.25, 0.3) is 0 Å². The Bertz CT molecular complexity index is 213. The molecular weight excluding hydrogens is 192 g/mol. The molecule has 0 radical (unpaired) electrons. The number of ether oxygens (including phenoxy) is 1. The Kier molecular flexibility index (Phi) is 4.54. The third-order valence-corrected chi connectivity index (χ3v) is 3.17. The number of hydrogen-bond donors (Lipinski definition) is 2. The zero-order chi connectivity index (χ0) is 11.3. The van der Waals surface area contributed by atoms with Crippen LogP contribution >= 0.6 is 0 Å². The molecule has 0 spiro atoms. The van der Waals surface area contributed by atoms with Gasteiger partial charge < -0.3 is 10.1 Å². The quantitative estimate of drug-likeness (QED) is 0.675. The Hall–Kier alpha value is -0.610. The standard InChI is InChI=1S/C11H22N2O2/c1-4-9(2)13-11(10(14)15-3)5-7-12-8-6-11/h9,12-13H,4-8H2,1-3H3. The molecule has 1 atom stereocenters. The Morgan fingerprint density at radius 1 is 1.53 bits per heavy atom. The molecule has 0 bridgehead atoms. The number of esters is 1. The summed E-state index contributed by atoms with van der Waals surface area (Å²) in [4.78, 5) is 11.8. The molecule has 0 aromatic heterocycles. The summed E-state index contributed by atoms with van der Waals surface area (Å²) >= 11 is 0. The van der Waals surface area contributed by atoms with Crippen LogP contribution in [-0.2, 0) is 9.53 Å². The van der Waals surface area contributed by atoms with Crippen LogP contribution < -0.4 is 10.6 Å². The maximum atomic E-state index is 11.8. The van der Waals surface area contributed by atoms with Gasteiger partial charge in [0.05, 0.1) is 7.11 Å². The van der Waals surface area contributed by atoms with E-state index in [9.17, 15) is 4.79 Å². The van der Waals surface area contributed by atoms with Crippen molar-refractivity contribution in [3.05, 3.63) is 0 Å². The summed E-state index contributed by atoms with van der Waals surface area (Å²) in [7, 11) is 1.46. The van der Waals surface area contributed by atoms with Gasteiger partial charge in [0.2, 0.25) is 0 Å². The molecule has 1 aliphatic rings. The van der Waals surface area contributed by atoms with E-state index in [0.717, 1.165) is 32.4 Å². The van der Waals surface area contributed by atoms with Crippen LogP contribution in [-0.4, -0.2) is 37.7 Å². The van der Waals surface area contributed by atoms with Crippen molar-refractivity contribution >= 4 is 5.97 Å². The highest BCUT2D eigenvalue weighted by molar-refractivity contribution is 5.81. The lowest BCUT2D eigenvalue weighted by molar-refractivity contribution is -0.150. The van der Waals surface area contributed by atoms with Crippen LogP contribution in [0.1, 0.15) is 33.1 Å². The molecular formula is C11H22N2O2. The highest BCUT2D eigenvalue weighted by Crippen LogP contribution is 2.21. The second-order valence-corrected chi connectivity index (χ2v) is 4.28. The van der Waals surface area contributed by atoms with Crippen molar-refractivity contribution in [2.45, 2.75) is 44.7 Å². The van der Waals surface area contributed by atoms with E-state index in [0.29, 0.717) is 6.04 Å². The Morgan fingerprint density at radius 3 is 2.60 bits per heavy atom. The van der Waals surface area contributed by atoms with Gasteiger partial charge in [0.25, 0.3) is 0 Å². The van der Waals surface area contributed by atoms with Crippen molar-refractivity contribution in [1.29, 1.82) is 0 Å². The molecule has 0 aromatic rings. The first kappa shape index (κ1) is 12.5. The summed E-state index contributed by atoms with van der Waals surface area (Å²) < 4.78 is 4.91. The predicted octanol–water partition coefficient (Wildman–Crippen LogP) is 0.670. The summed E-state index contributed by atoms with van der Waals surface area (Å²) in [5.74, 6) is -0.121. The first-order valence-electron chi connectivity index (χ1n) is 5.71. The molecule has 0 saturated carbocycles. The van der Waals surface area contributed by atoms with Gasteiger partial charge in [-0.3, -0.25) is 10.1 Å². The number of rotatable bonds is 4. The molecule has 1 heterocycles. The van der Waals surface area contributed by atoms with Crippen LogP contribution in [0.15, 0.2) is 0 Å². The number of carbonyl (C=O) groups excluding carboxylic acids is 1. The molecule has 0 aromatic carbocycles. The van der Waals surface area contributed by atoms with Crippen molar-refractivity contribution in [3.63, 3.8) is 0 Å². The fourth-order valence-electron chi connectivity index (χ4n) is 2.03. The first-order valence-corrected chi connectivity index (χ1v) is 5.71. The van der Waals surface area contributed by atoms with E-state index in [4.69, 9.17) is 4.74 Å². The van der Waals surface area contributed by atoms with Crippen molar-refractivity contribution in [2.24, 2.45) is 0 Å². The molecule has 0 aliphatic carbocycles. The summed E-state index contributed by atoms with van der Waals surface area (Å²) in [6.07, 6.45) is 2.64. The van der Waals surface area contributed by atoms with Gasteiger partial charge in [0.15, 0.2) is 0 Å². The van der Waals surface area contributed by atoms with E-state index in [-0.39, 0.29) is 5.97 Å². The minimum Gasteiger partial charge on any atom is -0.468 e. The molecule has 88 valence electrons. The van der Waals surface area contributed by atoms with E-state index in [1.807, 2.05) is 0 Å². The predicted molar refractivity (Wildman–Crippen MR) is 59.7 cm³/mol. The fraction of sp³-hybridized carbons (Fsp3) is 0.909. The number of methoxy groups -OCH3 is 1. The van der Waals surface area contributed by atoms with Crippen LogP contribution in [0.5, 0.6) is 0 Å². The number of piperidine rings is 1. The van der Waals surface area contributed by atoms with E-state index < -0.39 is 5.54 Å². The maximum absolute atomic E-state index is 11.8. The van der Waals surface area contributed by atoms with Crippen molar-refractivity contribution < 1.29 is 9.53 Å². The van der Waals surface area contributed by atoms with E-state index >= 15 is 0 Å². The molecule has 0 amide bonds. The smallest absolute Gasteiger partial charge is 0.326 e. The molecule has 1 aliphatic heterocycles. The molecule has 1 unspecified atom stereocenters. The molecule has 1 saturated heterocycles. The lowest BCUT2D eigenvalue weighted by Crippen LogP contribution is -2.60. The average Bonchev–Trinajstić information content (AvgIpc) is 2.29. The topological polar surface area (TPSA) is 50.4 Å². The summed E-state index contributed by atoms with van der Waals surface area (Å²) in [5, 5.41) is 6.68. The third kappa shape index (κ3) is 2.92. The van der Waals surface area contributed by atoms with Crippen LogP contribution in [0.4, 0.5) is 0 Å². The number of carbonyl (C=O) groups is 1. The Labute approximate surface area is 91.8 Å². The zero-order valence-corrected chi connectivity index (χ0v) is 9.93. The maximum Gasteiger partial charge on any atom is 0.326 e. The van der Waals surface area contributed by atoms with Crippen molar-refractivity contribution in [1.82, 2.24) is 10.6 Å². The number of hydrogen-bond acceptors (Lipinski definition) is 4. The van der Waals surface area contributed by atoms with Crippen LogP contribution in [0.2, 0.25) is 0 Å². The second kappa shape index (κ2) is 5.47. The minimum atomic E-state index is -0.463. The highest BCUT2D eigenvalue weighted by Gasteiger charge is 2.40. The fourth-order valence-corrected chi connectivity index (χ4v) is 2.03. The van der Waals surface area contributed by atoms with E-state index in [1.165, 1.54) is 7.11 Å². The highest BCUT2D eigenvalue weighted by atomic mass is 16.5. The van der Waals surface area contributed by atoms with Gasteiger partial charge in [-0.25, -0.2) is 0 Å². The summed E-state index contributed by atoms with van der Waals surface area (Å²) in [5.41, 5.74) is -0.463. The lowest BCUT2D eigenvalue weighted by Gasteiger charge is -2.37. The summed E-state index contributed by atoms with van der Waals surface area (Å²) in [6.45, 7) is 5.97. The molecule has 2 N–H and O–H groups in total. The number of nitrogens with one attached hydrogen (secondary N) is 2. The van der Waals surface area contributed by atoms with Gasteiger partial charge in [-0.1, -0.05) is 6.92 Å². The Balaban J connectivity index is 2.70. The van der Waals surface area contributed by atoms with Gasteiger partial charge in [-0.15, -0.1) is 0 Å². The zero-order valence-electron chi connectivity index (χ0n) is 9.93. The van der Waals surface area contributed by atoms with Gasteiger partial charge in [-0.05, 0) is 39.3 Å². The largest absolute Gasteiger partial charge is 0.468 e. The molecule has 1 rings (SSSR count). The van der Waals surface area contributed by atoms with Crippen LogP contribution in [0.3, 0.4) is 0 Å². The van der Waals surface area contributed by atoms with E-state index in [1.54, 1.807) is 0 Å². The molecule has 4 nitrogen and oxygen atoms in total. The van der Waals surface area contributed by atoms with Gasteiger partial charge >= 0.3 is 5.97 Å². The first-order chi connectivity index (χ1) is 7.14. The Morgan fingerprint density at radius 2 is 2.13 bits per heavy atom. The summed E-state index contributed by atoms with van der Waals surface area (Å²) in [6, 6.07) is 0.349.